The predicted molar refractivity (Wildman–Crippen MR) is 160 cm³/mol. The summed E-state index contributed by atoms with van der Waals surface area (Å²) in [7, 11) is 0. The number of hydrogen-bond donors (Lipinski definition) is 2. The summed E-state index contributed by atoms with van der Waals surface area (Å²) < 4.78 is 8.96. The second-order valence-electron chi connectivity index (χ2n) is 11.2. The number of benzene rings is 2. The van der Waals surface area contributed by atoms with E-state index in [0.29, 0.717) is 41.3 Å². The van der Waals surface area contributed by atoms with Gasteiger partial charge in [0.1, 0.15) is 35.0 Å². The zero-order valence-electron chi connectivity index (χ0n) is 24.1. The molecule has 0 bridgehead atoms. The molecule has 1 amide bonds. The Morgan fingerprint density at radius 1 is 1.14 bits per heavy atom. The van der Waals surface area contributed by atoms with Crippen LogP contribution in [0.2, 0.25) is 0 Å². The minimum atomic E-state index is -0.547. The number of carbonyl (C=O) groups excluding carboxylic acids is 1. The van der Waals surface area contributed by atoms with Gasteiger partial charge in [-0.1, -0.05) is 32.0 Å². The number of nitrogens with zero attached hydrogens (tertiary/aromatic N) is 6. The van der Waals surface area contributed by atoms with E-state index in [0.717, 1.165) is 0 Å². The molecule has 1 unspecified atom stereocenters. The Balaban J connectivity index is 1.45. The van der Waals surface area contributed by atoms with Crippen molar-refractivity contribution < 1.29 is 9.53 Å². The van der Waals surface area contributed by atoms with Crippen LogP contribution in [-0.2, 0) is 4.79 Å². The van der Waals surface area contributed by atoms with Crippen LogP contribution < -0.4 is 21.5 Å². The van der Waals surface area contributed by atoms with Crippen molar-refractivity contribution >= 4 is 22.9 Å². The number of likely N-dealkylation sites (tertiary alicyclic amines) is 1. The molecular formula is C31H34N8O3. The van der Waals surface area contributed by atoms with Crippen LogP contribution in [0.25, 0.3) is 16.9 Å². The van der Waals surface area contributed by atoms with E-state index in [1.165, 1.54) is 10.9 Å². The van der Waals surface area contributed by atoms with E-state index in [4.69, 9.17) is 10.5 Å². The first-order valence-corrected chi connectivity index (χ1v) is 13.8. The van der Waals surface area contributed by atoms with E-state index in [2.05, 4.69) is 21.4 Å². The quantitative estimate of drug-likeness (QED) is 0.241. The number of nitrogens with one attached hydrogen (secondary N) is 1. The van der Waals surface area contributed by atoms with Crippen LogP contribution in [0.5, 0.6) is 11.5 Å². The van der Waals surface area contributed by atoms with Crippen LogP contribution in [0.1, 0.15) is 40.2 Å². The van der Waals surface area contributed by atoms with Crippen LogP contribution in [0.15, 0.2) is 77.4 Å². The van der Waals surface area contributed by atoms with Gasteiger partial charge in [0.25, 0.3) is 5.91 Å². The van der Waals surface area contributed by atoms with Crippen molar-refractivity contribution in [1.29, 1.82) is 5.26 Å². The Morgan fingerprint density at radius 2 is 1.83 bits per heavy atom. The molecule has 0 aliphatic carbocycles. The summed E-state index contributed by atoms with van der Waals surface area (Å²) in [4.78, 5) is 37.5. The lowest BCUT2D eigenvalue weighted by Crippen LogP contribution is -2.43. The smallest absolute Gasteiger partial charge is 0.335 e. The standard InChI is InChI=1S/C31H34N8O3/c1-20(2)36-31(3,4)16-21(17-32)29(40)37-15-14-23(18-37)39-28-26(27(33)34-19-35-28)38(30(39)41)22-10-12-25(13-11-22)42-24-8-6-5-7-9-24/h5-13,16,19-20,23,36H,14-15,18H2,1-4H3,(H2,33,34,35). The molecule has 216 valence electrons. The van der Waals surface area contributed by atoms with Crippen LogP contribution in [-0.4, -0.2) is 54.6 Å². The molecule has 0 spiro atoms. The summed E-state index contributed by atoms with van der Waals surface area (Å²) in [6.07, 6.45) is 3.51. The molecule has 11 heteroatoms. The second-order valence-corrected chi connectivity index (χ2v) is 11.2. The van der Waals surface area contributed by atoms with Gasteiger partial charge in [-0.25, -0.2) is 14.8 Å². The fraction of sp³-hybridized carbons (Fsp3) is 0.323. The van der Waals surface area contributed by atoms with Gasteiger partial charge in [0, 0.05) is 24.7 Å². The number of para-hydroxylation sites is 1. The minimum Gasteiger partial charge on any atom is -0.457 e. The third kappa shape index (κ3) is 5.75. The number of ether oxygens (including phenoxy) is 1. The number of carbonyl (C=O) groups is 1. The van der Waals surface area contributed by atoms with Gasteiger partial charge in [0.05, 0.1) is 11.7 Å². The Morgan fingerprint density at radius 3 is 2.50 bits per heavy atom. The molecule has 3 heterocycles. The number of rotatable bonds is 8. The SMILES string of the molecule is CC(C)NC(C)(C)C=C(C#N)C(=O)N1CCC(n2c(=O)n(-c3ccc(Oc4ccccc4)cc3)c3c(N)ncnc32)C1. The molecule has 1 atom stereocenters. The van der Waals surface area contributed by atoms with E-state index < -0.39 is 5.54 Å². The molecule has 42 heavy (non-hydrogen) atoms. The number of aromatic nitrogens is 4. The lowest BCUT2D eigenvalue weighted by Gasteiger charge is -2.26. The second kappa shape index (κ2) is 11.5. The third-order valence-electron chi connectivity index (χ3n) is 7.09. The lowest BCUT2D eigenvalue weighted by molar-refractivity contribution is -0.125. The molecule has 1 aliphatic heterocycles. The molecule has 3 N–H and O–H groups in total. The van der Waals surface area contributed by atoms with E-state index in [1.807, 2.05) is 58.0 Å². The van der Waals surface area contributed by atoms with Gasteiger partial charge in [0.2, 0.25) is 0 Å². The number of nitrogen functional groups attached to an aromatic ring is 1. The number of fused-ring (bicyclic) bond motifs is 1. The summed E-state index contributed by atoms with van der Waals surface area (Å²) in [6, 6.07) is 18.4. The van der Waals surface area contributed by atoms with Crippen molar-refractivity contribution in [2.75, 3.05) is 18.8 Å². The van der Waals surface area contributed by atoms with E-state index in [9.17, 15) is 14.9 Å². The van der Waals surface area contributed by atoms with Gasteiger partial charge >= 0.3 is 5.69 Å². The largest absolute Gasteiger partial charge is 0.457 e. The van der Waals surface area contributed by atoms with Gasteiger partial charge in [-0.15, -0.1) is 0 Å². The average molecular weight is 567 g/mol. The lowest BCUT2D eigenvalue weighted by atomic mass is 10.00. The number of imidazole rings is 1. The molecule has 2 aromatic heterocycles. The van der Waals surface area contributed by atoms with Crippen molar-refractivity contribution in [2.24, 2.45) is 0 Å². The minimum absolute atomic E-state index is 0.0629. The number of hydrogen-bond acceptors (Lipinski definition) is 8. The number of nitriles is 1. The molecule has 11 nitrogen and oxygen atoms in total. The summed E-state index contributed by atoms with van der Waals surface area (Å²) in [5.74, 6) is 1.12. The highest BCUT2D eigenvalue weighted by Gasteiger charge is 2.33. The summed E-state index contributed by atoms with van der Waals surface area (Å²) in [5, 5.41) is 13.1. The molecule has 1 fully saturated rings. The molecule has 1 aliphatic rings. The fourth-order valence-electron chi connectivity index (χ4n) is 5.52. The van der Waals surface area contributed by atoms with Crippen molar-refractivity contribution in [3.8, 4) is 23.3 Å². The van der Waals surface area contributed by atoms with Gasteiger partial charge in [-0.2, -0.15) is 5.26 Å². The first-order chi connectivity index (χ1) is 20.1. The van der Waals surface area contributed by atoms with Crippen molar-refractivity contribution in [3.05, 3.63) is 83.1 Å². The normalized spacial score (nSPS) is 15.8. The predicted octanol–water partition coefficient (Wildman–Crippen LogP) is 3.96. The topological polar surface area (TPSA) is 144 Å². The van der Waals surface area contributed by atoms with E-state index >= 15 is 0 Å². The van der Waals surface area contributed by atoms with Gasteiger partial charge < -0.3 is 20.7 Å². The average Bonchev–Trinajstić information content (AvgIpc) is 3.54. The molecule has 5 rings (SSSR count). The third-order valence-corrected chi connectivity index (χ3v) is 7.09. The number of nitrogens with two attached hydrogens (primary N) is 1. The van der Waals surface area contributed by atoms with Crippen molar-refractivity contribution in [3.63, 3.8) is 0 Å². The molecular weight excluding hydrogens is 532 g/mol. The zero-order chi connectivity index (χ0) is 30.0. The van der Waals surface area contributed by atoms with Crippen LogP contribution in [0.3, 0.4) is 0 Å². The maximum Gasteiger partial charge on any atom is 0.335 e. The number of amides is 1. The molecule has 1 saturated heterocycles. The molecule has 2 aromatic carbocycles. The monoisotopic (exact) mass is 566 g/mol. The van der Waals surface area contributed by atoms with Crippen LogP contribution in [0, 0.1) is 11.3 Å². The maximum absolute atomic E-state index is 14.0. The highest BCUT2D eigenvalue weighted by atomic mass is 16.5. The summed E-state index contributed by atoms with van der Waals surface area (Å²) in [5.41, 5.74) is 6.80. The Hall–Kier alpha value is -4.95. The van der Waals surface area contributed by atoms with Crippen molar-refractivity contribution in [1.82, 2.24) is 29.3 Å². The van der Waals surface area contributed by atoms with Gasteiger partial charge in [-0.05, 0) is 62.7 Å². The van der Waals surface area contributed by atoms with Gasteiger partial charge in [0.15, 0.2) is 11.5 Å². The Kier molecular flexibility index (Phi) is 7.83. The first kappa shape index (κ1) is 28.6. The fourth-order valence-corrected chi connectivity index (χ4v) is 5.52. The van der Waals surface area contributed by atoms with Crippen LogP contribution >= 0.6 is 0 Å². The summed E-state index contributed by atoms with van der Waals surface area (Å²) >= 11 is 0. The Bertz CT molecular complexity index is 1730. The van der Waals surface area contributed by atoms with Crippen molar-refractivity contribution in [2.45, 2.75) is 51.7 Å². The maximum atomic E-state index is 14.0. The highest BCUT2D eigenvalue weighted by Crippen LogP contribution is 2.29. The van der Waals surface area contributed by atoms with Gasteiger partial charge in [-0.3, -0.25) is 13.9 Å². The van der Waals surface area contributed by atoms with E-state index in [-0.39, 0.29) is 41.6 Å². The summed E-state index contributed by atoms with van der Waals surface area (Å²) in [6.45, 7) is 8.50. The molecule has 0 radical (unpaired) electrons. The molecule has 4 aromatic rings. The first-order valence-electron chi connectivity index (χ1n) is 13.8. The number of anilines is 1. The van der Waals surface area contributed by atoms with Crippen LogP contribution in [0.4, 0.5) is 5.82 Å². The Labute approximate surface area is 243 Å². The van der Waals surface area contributed by atoms with E-state index in [1.54, 1.807) is 39.8 Å². The molecule has 0 saturated carbocycles. The highest BCUT2D eigenvalue weighted by molar-refractivity contribution is 5.97. The zero-order valence-corrected chi connectivity index (χ0v) is 24.1.